The van der Waals surface area contributed by atoms with Gasteiger partial charge in [-0.1, -0.05) is 13.8 Å². The minimum absolute atomic E-state index is 0.0841. The van der Waals surface area contributed by atoms with Gasteiger partial charge < -0.3 is 9.84 Å². The molecule has 0 aliphatic heterocycles. The number of hydrogen-bond donors (Lipinski definition) is 1. The van der Waals surface area contributed by atoms with Crippen LogP contribution < -0.4 is 0 Å². The molecule has 90 valence electrons. The number of methoxy groups -OCH3 is 1. The van der Waals surface area contributed by atoms with Crippen molar-refractivity contribution in [2.45, 2.75) is 20.0 Å². The van der Waals surface area contributed by atoms with Gasteiger partial charge in [0.1, 0.15) is 0 Å². The van der Waals surface area contributed by atoms with Crippen LogP contribution in [-0.4, -0.2) is 50.1 Å². The third-order valence-electron chi connectivity index (χ3n) is 2.50. The largest absolute Gasteiger partial charge is 0.392 e. The van der Waals surface area contributed by atoms with E-state index in [4.69, 9.17) is 9.57 Å². The van der Waals surface area contributed by atoms with Crippen molar-refractivity contribution < 1.29 is 19.5 Å². The molecule has 0 aliphatic rings. The van der Waals surface area contributed by atoms with E-state index in [1.54, 1.807) is 14.0 Å². The lowest BCUT2D eigenvalue weighted by Crippen LogP contribution is -2.40. The number of carbonyl (C=O) groups excluding carboxylic acids is 1. The van der Waals surface area contributed by atoms with E-state index in [-0.39, 0.29) is 11.8 Å². The third-order valence-corrected chi connectivity index (χ3v) is 2.50. The molecule has 3 atom stereocenters. The van der Waals surface area contributed by atoms with E-state index in [1.165, 1.54) is 14.2 Å². The topological polar surface area (TPSA) is 59.0 Å². The summed E-state index contributed by atoms with van der Waals surface area (Å²) in [6.07, 6.45) is -0.727. The molecule has 0 fully saturated rings. The van der Waals surface area contributed by atoms with Crippen LogP contribution in [-0.2, 0) is 14.4 Å². The molecule has 5 nitrogen and oxygen atoms in total. The molecule has 0 saturated carbocycles. The highest BCUT2D eigenvalue weighted by atomic mass is 16.7. The van der Waals surface area contributed by atoms with Crippen LogP contribution in [0.1, 0.15) is 13.8 Å². The molecule has 0 aromatic rings. The maximum atomic E-state index is 11.6. The molecule has 5 heteroatoms. The van der Waals surface area contributed by atoms with Crippen molar-refractivity contribution in [1.82, 2.24) is 5.06 Å². The van der Waals surface area contributed by atoms with Crippen LogP contribution in [0, 0.1) is 11.8 Å². The van der Waals surface area contributed by atoms with Gasteiger partial charge in [0.25, 0.3) is 5.91 Å². The first-order valence-electron chi connectivity index (χ1n) is 4.94. The molecule has 0 aromatic carbocycles. The van der Waals surface area contributed by atoms with E-state index in [0.717, 1.165) is 5.06 Å². The Morgan fingerprint density at radius 3 is 2.33 bits per heavy atom. The summed E-state index contributed by atoms with van der Waals surface area (Å²) in [5.74, 6) is -0.827. The first-order valence-corrected chi connectivity index (χ1v) is 4.94. The van der Waals surface area contributed by atoms with E-state index in [1.807, 2.05) is 6.92 Å². The maximum absolute atomic E-state index is 11.6. The number of hydrogen-bond acceptors (Lipinski definition) is 4. The van der Waals surface area contributed by atoms with Crippen LogP contribution in [0.5, 0.6) is 0 Å². The summed E-state index contributed by atoms with van der Waals surface area (Å²) in [6.45, 7) is 3.94. The molecular formula is C10H21NO4. The Kier molecular flexibility index (Phi) is 6.47. The molecule has 0 heterocycles. The minimum Gasteiger partial charge on any atom is -0.392 e. The second-order valence-electron chi connectivity index (χ2n) is 3.73. The molecule has 0 aliphatic carbocycles. The molecule has 0 saturated heterocycles. The first-order chi connectivity index (χ1) is 6.95. The van der Waals surface area contributed by atoms with Gasteiger partial charge in [0.05, 0.1) is 25.7 Å². The van der Waals surface area contributed by atoms with E-state index in [0.29, 0.717) is 6.61 Å². The van der Waals surface area contributed by atoms with Crippen molar-refractivity contribution >= 4 is 5.91 Å². The number of amides is 1. The second kappa shape index (κ2) is 6.76. The fourth-order valence-electron chi connectivity index (χ4n) is 1.38. The molecule has 0 unspecified atom stereocenters. The van der Waals surface area contributed by atoms with Crippen molar-refractivity contribution in [3.8, 4) is 0 Å². The van der Waals surface area contributed by atoms with E-state index in [9.17, 15) is 9.90 Å². The molecule has 0 spiro atoms. The highest BCUT2D eigenvalue weighted by molar-refractivity contribution is 5.77. The van der Waals surface area contributed by atoms with Crippen LogP contribution in [0.3, 0.4) is 0 Å². The summed E-state index contributed by atoms with van der Waals surface area (Å²) >= 11 is 0. The Hall–Kier alpha value is -0.650. The number of rotatable bonds is 6. The van der Waals surface area contributed by atoms with Gasteiger partial charge in [-0.3, -0.25) is 9.63 Å². The summed E-state index contributed by atoms with van der Waals surface area (Å²) in [7, 11) is 4.50. The fourth-order valence-corrected chi connectivity index (χ4v) is 1.38. The normalized spacial score (nSPS) is 16.9. The number of aliphatic hydroxyl groups is 1. The highest BCUT2D eigenvalue weighted by Gasteiger charge is 2.29. The third kappa shape index (κ3) is 4.15. The van der Waals surface area contributed by atoms with Crippen LogP contribution in [0.25, 0.3) is 0 Å². The molecule has 0 radical (unpaired) electrons. The zero-order valence-electron chi connectivity index (χ0n) is 10.1. The van der Waals surface area contributed by atoms with Gasteiger partial charge in [0, 0.05) is 20.1 Å². The smallest absolute Gasteiger partial charge is 0.251 e. The number of carbonyl (C=O) groups is 1. The molecule has 0 rings (SSSR count). The van der Waals surface area contributed by atoms with Gasteiger partial charge in [-0.2, -0.15) is 0 Å². The lowest BCUT2D eigenvalue weighted by atomic mass is 9.93. The van der Waals surface area contributed by atoms with Crippen molar-refractivity contribution in [2.24, 2.45) is 11.8 Å². The van der Waals surface area contributed by atoms with Crippen LogP contribution in [0.2, 0.25) is 0 Å². The fraction of sp³-hybridized carbons (Fsp3) is 0.900. The molecule has 0 aromatic heterocycles. The van der Waals surface area contributed by atoms with E-state index in [2.05, 4.69) is 0 Å². The number of hydroxylamine groups is 2. The van der Waals surface area contributed by atoms with Gasteiger partial charge in [-0.25, -0.2) is 5.06 Å². The van der Waals surface area contributed by atoms with Crippen molar-refractivity contribution in [2.75, 3.05) is 27.9 Å². The standard InChI is InChI=1S/C10H21NO4/c1-7(6-14-4)9(12)8(2)10(13)11(3)15-5/h7-9,12H,6H2,1-5H3/t7-,8+,9-/m0/s1. The SMILES string of the molecule is COC[C@H](C)[C@H](O)[C@@H](C)C(=O)N(C)OC. The van der Waals surface area contributed by atoms with Crippen LogP contribution in [0.4, 0.5) is 0 Å². The Balaban J connectivity index is 4.29. The summed E-state index contributed by atoms with van der Waals surface area (Å²) < 4.78 is 4.93. The zero-order chi connectivity index (χ0) is 12.0. The number of nitrogens with zero attached hydrogens (tertiary/aromatic N) is 1. The first kappa shape index (κ1) is 14.3. The maximum Gasteiger partial charge on any atom is 0.251 e. The van der Waals surface area contributed by atoms with Crippen LogP contribution >= 0.6 is 0 Å². The Morgan fingerprint density at radius 2 is 1.93 bits per heavy atom. The molecule has 0 bridgehead atoms. The number of ether oxygens (including phenoxy) is 1. The molecule has 1 amide bonds. The van der Waals surface area contributed by atoms with Gasteiger partial charge >= 0.3 is 0 Å². The van der Waals surface area contributed by atoms with Gasteiger partial charge in [0.15, 0.2) is 0 Å². The quantitative estimate of drug-likeness (QED) is 0.652. The summed E-state index contributed by atoms with van der Waals surface area (Å²) in [5.41, 5.74) is 0. The Morgan fingerprint density at radius 1 is 1.40 bits per heavy atom. The van der Waals surface area contributed by atoms with Crippen molar-refractivity contribution in [1.29, 1.82) is 0 Å². The second-order valence-corrected chi connectivity index (χ2v) is 3.73. The molecule has 15 heavy (non-hydrogen) atoms. The predicted molar refractivity (Wildman–Crippen MR) is 56.0 cm³/mol. The highest BCUT2D eigenvalue weighted by Crippen LogP contribution is 2.15. The van der Waals surface area contributed by atoms with Crippen LogP contribution in [0.15, 0.2) is 0 Å². The molecule has 1 N–H and O–H groups in total. The summed E-state index contributed by atoms with van der Waals surface area (Å²) in [4.78, 5) is 16.4. The lowest BCUT2D eigenvalue weighted by molar-refractivity contribution is -0.177. The minimum atomic E-state index is -0.727. The molecular weight excluding hydrogens is 198 g/mol. The summed E-state index contributed by atoms with van der Waals surface area (Å²) in [6, 6.07) is 0. The summed E-state index contributed by atoms with van der Waals surface area (Å²) in [5, 5.41) is 11.0. The zero-order valence-corrected chi connectivity index (χ0v) is 10.1. The lowest BCUT2D eigenvalue weighted by Gasteiger charge is -2.26. The Bertz CT molecular complexity index is 198. The van der Waals surface area contributed by atoms with Crippen molar-refractivity contribution in [3.63, 3.8) is 0 Å². The van der Waals surface area contributed by atoms with Crippen molar-refractivity contribution in [3.05, 3.63) is 0 Å². The van der Waals surface area contributed by atoms with Gasteiger partial charge in [0.2, 0.25) is 0 Å². The van der Waals surface area contributed by atoms with E-state index >= 15 is 0 Å². The average Bonchev–Trinajstić information content (AvgIpc) is 2.25. The predicted octanol–water partition coefficient (Wildman–Crippen LogP) is 0.286. The average molecular weight is 219 g/mol. The van der Waals surface area contributed by atoms with Gasteiger partial charge in [-0.05, 0) is 0 Å². The Labute approximate surface area is 90.9 Å². The number of aliphatic hydroxyl groups excluding tert-OH is 1. The van der Waals surface area contributed by atoms with Gasteiger partial charge in [-0.15, -0.1) is 0 Å². The van der Waals surface area contributed by atoms with E-state index < -0.39 is 12.0 Å². The monoisotopic (exact) mass is 219 g/mol.